The largest absolute Gasteiger partial charge is 0.478 e. The second-order valence-electron chi connectivity index (χ2n) is 8.69. The molecule has 0 saturated carbocycles. The summed E-state index contributed by atoms with van der Waals surface area (Å²) in [7, 11) is 0. The normalized spacial score (nSPS) is 11.4. The van der Waals surface area contributed by atoms with E-state index < -0.39 is 17.7 Å². The molecule has 214 valence electrons. The van der Waals surface area contributed by atoms with Crippen LogP contribution in [0, 0.1) is 0 Å². The molecule has 4 aromatic rings. The molecule has 12 heteroatoms. The third-order valence-corrected chi connectivity index (χ3v) is 7.71. The highest BCUT2D eigenvalue weighted by Crippen LogP contribution is 2.38. The minimum absolute atomic E-state index is 0.165. The Labute approximate surface area is 248 Å². The van der Waals surface area contributed by atoms with Gasteiger partial charge in [0.1, 0.15) is 5.69 Å². The summed E-state index contributed by atoms with van der Waals surface area (Å²) in [6, 6.07) is 12.5. The van der Waals surface area contributed by atoms with Crippen LogP contribution in [0.15, 0.2) is 58.4 Å². The van der Waals surface area contributed by atoms with Crippen molar-refractivity contribution in [1.29, 1.82) is 0 Å². The predicted octanol–water partition coefficient (Wildman–Crippen LogP) is 8.71. The Bertz CT molecular complexity index is 1400. The fraction of sp³-hybridized carbons (Fsp3) is 0.321. The number of alkyl halides is 3. The number of nitrogens with zero attached hydrogens (tertiary/aromatic N) is 3. The van der Waals surface area contributed by atoms with E-state index in [2.05, 4.69) is 50.0 Å². The quantitative estimate of drug-likeness (QED) is 0.166. The molecule has 2 N–H and O–H groups in total. The molecule has 2 aromatic carbocycles. The molecule has 0 fully saturated rings. The molecule has 0 unspecified atom stereocenters. The first-order valence-corrected chi connectivity index (χ1v) is 14.7. The highest BCUT2D eigenvalue weighted by Gasteiger charge is 2.34. The number of thiophene rings is 1. The lowest BCUT2D eigenvalue weighted by Crippen LogP contribution is -2.24. The van der Waals surface area contributed by atoms with Gasteiger partial charge in [0.15, 0.2) is 5.82 Å². The van der Waals surface area contributed by atoms with Crippen LogP contribution in [0.25, 0.3) is 21.6 Å². The molecule has 0 aliphatic rings. The average Bonchev–Trinajstić information content (AvgIpc) is 3.45. The molecule has 0 atom stereocenters. The highest BCUT2D eigenvalue weighted by atomic mass is 79.9. The number of halogens is 5. The van der Waals surface area contributed by atoms with Crippen molar-refractivity contribution in [3.05, 3.63) is 74.5 Å². The number of carbonyl (C=O) groups is 1. The molecular formula is C28H29BrClF3N4O2S. The Hall–Kier alpha value is -2.73. The molecule has 40 heavy (non-hydrogen) atoms. The van der Waals surface area contributed by atoms with Crippen molar-refractivity contribution in [1.82, 2.24) is 14.9 Å². The Kier molecular flexibility index (Phi) is 11.7. The fourth-order valence-corrected chi connectivity index (χ4v) is 5.05. The second kappa shape index (κ2) is 14.8. The number of carboxylic acids is 1. The van der Waals surface area contributed by atoms with E-state index in [1.54, 1.807) is 24.3 Å². The van der Waals surface area contributed by atoms with Crippen LogP contribution in [-0.2, 0) is 6.18 Å². The van der Waals surface area contributed by atoms with Crippen LogP contribution in [0.5, 0.6) is 0 Å². The van der Waals surface area contributed by atoms with Crippen molar-refractivity contribution < 1.29 is 23.1 Å². The summed E-state index contributed by atoms with van der Waals surface area (Å²) in [6.07, 6.45) is -2.59. The minimum Gasteiger partial charge on any atom is -0.478 e. The molecule has 0 saturated heterocycles. The summed E-state index contributed by atoms with van der Waals surface area (Å²) in [4.78, 5) is 22.6. The molecule has 0 aliphatic carbocycles. The number of aromatic carboxylic acids is 1. The van der Waals surface area contributed by atoms with Crippen LogP contribution in [0.4, 0.5) is 19.0 Å². The van der Waals surface area contributed by atoms with Crippen LogP contribution < -0.4 is 5.32 Å². The van der Waals surface area contributed by atoms with Gasteiger partial charge < -0.3 is 15.3 Å². The van der Waals surface area contributed by atoms with Crippen LogP contribution in [-0.4, -0.2) is 52.1 Å². The number of fused-ring (bicyclic) bond motifs is 1. The van der Waals surface area contributed by atoms with Crippen molar-refractivity contribution in [2.24, 2.45) is 0 Å². The zero-order valence-corrected chi connectivity index (χ0v) is 25.1. The molecule has 4 rings (SSSR count). The van der Waals surface area contributed by atoms with E-state index >= 15 is 0 Å². The Morgan fingerprint density at radius 3 is 2.33 bits per heavy atom. The number of unbranched alkanes of at least 4 members (excludes halogenated alkanes) is 1. The summed E-state index contributed by atoms with van der Waals surface area (Å²) in [5.74, 6) is -0.407. The molecular weight excluding hydrogens is 629 g/mol. The van der Waals surface area contributed by atoms with E-state index in [9.17, 15) is 18.0 Å². The number of hydrogen-bond acceptors (Lipinski definition) is 6. The molecule has 0 amide bonds. The van der Waals surface area contributed by atoms with Crippen molar-refractivity contribution >= 4 is 61.7 Å². The number of anilines is 1. The number of benzene rings is 2. The Balaban J connectivity index is 0.000000371. The zero-order valence-electron chi connectivity index (χ0n) is 21.9. The van der Waals surface area contributed by atoms with Gasteiger partial charge in [-0.1, -0.05) is 47.4 Å². The van der Waals surface area contributed by atoms with Gasteiger partial charge in [0.25, 0.3) is 0 Å². The topological polar surface area (TPSA) is 78.3 Å². The predicted molar refractivity (Wildman–Crippen MR) is 159 cm³/mol. The Morgan fingerprint density at radius 2 is 1.75 bits per heavy atom. The molecule has 6 nitrogen and oxygen atoms in total. The molecule has 0 aliphatic heterocycles. The number of nitrogens with one attached hydrogen (secondary N) is 1. The molecule has 0 radical (unpaired) electrons. The Morgan fingerprint density at radius 1 is 1.07 bits per heavy atom. The van der Waals surface area contributed by atoms with Gasteiger partial charge in [0.2, 0.25) is 0 Å². The third kappa shape index (κ3) is 8.89. The molecule has 0 spiro atoms. The maximum atomic E-state index is 13.2. The third-order valence-electron chi connectivity index (χ3n) is 5.99. The average molecular weight is 658 g/mol. The van der Waals surface area contributed by atoms with Gasteiger partial charge in [-0.25, -0.2) is 14.8 Å². The zero-order chi connectivity index (χ0) is 29.3. The molecule has 0 bridgehead atoms. The summed E-state index contributed by atoms with van der Waals surface area (Å²) < 4.78 is 40.6. The summed E-state index contributed by atoms with van der Waals surface area (Å²) in [5, 5.41) is 13.3. The lowest BCUT2D eigenvalue weighted by atomic mass is 10.1. The smallest absolute Gasteiger partial charge is 0.417 e. The second-order valence-corrected chi connectivity index (χ2v) is 11.0. The summed E-state index contributed by atoms with van der Waals surface area (Å²) >= 11 is 10.6. The molecule has 2 aromatic heterocycles. The first kappa shape index (κ1) is 31.8. The van der Waals surface area contributed by atoms with E-state index in [0.717, 1.165) is 47.9 Å². The van der Waals surface area contributed by atoms with E-state index in [1.165, 1.54) is 17.4 Å². The van der Waals surface area contributed by atoms with E-state index in [1.807, 2.05) is 17.5 Å². The summed E-state index contributed by atoms with van der Waals surface area (Å²) in [6.45, 7) is 8.00. The van der Waals surface area contributed by atoms with Crippen LogP contribution >= 0.6 is 38.9 Å². The minimum atomic E-state index is -4.54. The van der Waals surface area contributed by atoms with Crippen molar-refractivity contribution in [3.63, 3.8) is 0 Å². The van der Waals surface area contributed by atoms with Crippen LogP contribution in [0.3, 0.4) is 0 Å². The lowest BCUT2D eigenvalue weighted by molar-refractivity contribution is -0.137. The van der Waals surface area contributed by atoms with Gasteiger partial charge in [-0.05, 0) is 80.3 Å². The maximum Gasteiger partial charge on any atom is 0.417 e. The number of aromatic nitrogens is 2. The highest BCUT2D eigenvalue weighted by molar-refractivity contribution is 9.10. The van der Waals surface area contributed by atoms with Gasteiger partial charge in [-0.2, -0.15) is 13.2 Å². The number of hydrogen-bond donors (Lipinski definition) is 2. The molecule has 2 heterocycles. The van der Waals surface area contributed by atoms with Crippen molar-refractivity contribution in [2.45, 2.75) is 32.9 Å². The fourth-order valence-electron chi connectivity index (χ4n) is 3.80. The maximum absolute atomic E-state index is 13.2. The number of carboxylic acid groups (broad SMARTS) is 1. The first-order chi connectivity index (χ1) is 19.0. The van der Waals surface area contributed by atoms with Crippen molar-refractivity contribution in [3.8, 4) is 10.6 Å². The monoisotopic (exact) mass is 656 g/mol. The van der Waals surface area contributed by atoms with E-state index in [0.29, 0.717) is 29.1 Å². The van der Waals surface area contributed by atoms with Gasteiger partial charge in [-0.3, -0.25) is 0 Å². The first-order valence-electron chi connectivity index (χ1n) is 12.6. The lowest BCUT2D eigenvalue weighted by Gasteiger charge is -2.18. The summed E-state index contributed by atoms with van der Waals surface area (Å²) in [5.41, 5.74) is 0.529. The standard InChI is InChI=1S/C21H24ClF3N4S.C7H5BrO2/c1-3-29(4-2)10-6-5-9-26-20-19(18-8-7-11-30-18)27-17-13-15(22)14(21(23,24)25)12-16(17)28-20;8-6-3-1-5(2-4-6)7(9)10/h7-8,11-13H,3-6,9-10H2,1-2H3,(H,26,28);1-4H,(H,9,10). The van der Waals surface area contributed by atoms with Gasteiger partial charge in [-0.15, -0.1) is 11.3 Å². The van der Waals surface area contributed by atoms with Gasteiger partial charge in [0.05, 0.1) is 32.1 Å². The van der Waals surface area contributed by atoms with Gasteiger partial charge in [0, 0.05) is 11.0 Å². The van der Waals surface area contributed by atoms with E-state index in [4.69, 9.17) is 16.7 Å². The number of rotatable bonds is 10. The van der Waals surface area contributed by atoms with E-state index in [-0.39, 0.29) is 10.5 Å². The van der Waals surface area contributed by atoms with Crippen LogP contribution in [0.1, 0.15) is 42.6 Å². The van der Waals surface area contributed by atoms with Gasteiger partial charge >= 0.3 is 12.1 Å². The van der Waals surface area contributed by atoms with Crippen molar-refractivity contribution in [2.75, 3.05) is 31.5 Å². The SMILES string of the molecule is CCN(CC)CCCCNc1nc2cc(C(F)(F)F)c(Cl)cc2nc1-c1cccs1.O=C(O)c1ccc(Br)cc1. The van der Waals surface area contributed by atoms with Crippen LogP contribution in [0.2, 0.25) is 5.02 Å².